The molecule has 2 N–H and O–H groups in total. The number of ether oxygens (including phenoxy) is 1. The number of alkyl halides is 6. The summed E-state index contributed by atoms with van der Waals surface area (Å²) in [5, 5.41) is 5.77. The molecule has 0 atom stereocenters. The minimum Gasteiger partial charge on any atom is -0.484 e. The van der Waals surface area contributed by atoms with Crippen LogP contribution >= 0.6 is 0 Å². The Kier molecular flexibility index (Phi) is 8.71. The fraction of sp³-hybridized carbons (Fsp3) is 0.588. The highest BCUT2D eigenvalue weighted by molar-refractivity contribution is 5.79. The van der Waals surface area contributed by atoms with E-state index in [1.165, 1.54) is 13.1 Å². The number of aryl methyl sites for hydroxylation is 1. The van der Waals surface area contributed by atoms with E-state index in [0.29, 0.717) is 24.5 Å². The quantitative estimate of drug-likeness (QED) is 0.296. The third kappa shape index (κ3) is 10.6. The van der Waals surface area contributed by atoms with Gasteiger partial charge in [-0.3, -0.25) is 4.99 Å². The number of benzene rings is 1. The van der Waals surface area contributed by atoms with Crippen LogP contribution < -0.4 is 15.4 Å². The summed E-state index contributed by atoms with van der Waals surface area (Å²) in [7, 11) is 1.49. The molecule has 0 saturated heterocycles. The molecule has 0 spiro atoms. The van der Waals surface area contributed by atoms with Crippen LogP contribution in [-0.2, 0) is 6.54 Å². The van der Waals surface area contributed by atoms with Crippen molar-refractivity contribution in [2.75, 3.05) is 20.2 Å². The second-order valence-electron chi connectivity index (χ2n) is 5.94. The highest BCUT2D eigenvalue weighted by Crippen LogP contribution is 2.24. The molecule has 27 heavy (non-hydrogen) atoms. The molecule has 0 radical (unpaired) electrons. The first-order valence-electron chi connectivity index (χ1n) is 8.30. The Labute approximate surface area is 154 Å². The molecule has 0 unspecified atom stereocenters. The monoisotopic (exact) mass is 399 g/mol. The van der Waals surface area contributed by atoms with Crippen LogP contribution in [0.1, 0.15) is 30.4 Å². The Morgan fingerprint density at radius 2 is 1.74 bits per heavy atom. The molecule has 1 aromatic carbocycles. The predicted molar refractivity (Wildman–Crippen MR) is 90.8 cm³/mol. The second kappa shape index (κ2) is 10.3. The average molecular weight is 399 g/mol. The molecular weight excluding hydrogens is 376 g/mol. The minimum absolute atomic E-state index is 0.000880. The van der Waals surface area contributed by atoms with Gasteiger partial charge in [-0.2, -0.15) is 26.3 Å². The molecule has 1 aromatic rings. The number of nitrogens with one attached hydrogen (secondary N) is 2. The van der Waals surface area contributed by atoms with Gasteiger partial charge in [0.1, 0.15) is 5.75 Å². The van der Waals surface area contributed by atoms with Crippen molar-refractivity contribution in [3.8, 4) is 5.75 Å². The van der Waals surface area contributed by atoms with Crippen molar-refractivity contribution in [2.45, 2.75) is 45.1 Å². The van der Waals surface area contributed by atoms with Gasteiger partial charge in [0.25, 0.3) is 0 Å². The summed E-state index contributed by atoms with van der Waals surface area (Å²) in [6.07, 6.45) is -9.14. The predicted octanol–water partition coefficient (Wildman–Crippen LogP) is 4.33. The van der Waals surface area contributed by atoms with Crippen molar-refractivity contribution in [3.63, 3.8) is 0 Å². The fourth-order valence-electron chi connectivity index (χ4n) is 2.16. The SMILES string of the molecule is CN=C(NCCCCC(F)(F)F)NCc1ccc(C)cc1OCC(F)(F)F. The number of rotatable bonds is 8. The third-order valence-corrected chi connectivity index (χ3v) is 3.46. The zero-order valence-corrected chi connectivity index (χ0v) is 15.1. The standard InChI is InChI=1S/C17H23F6N3O/c1-12-5-6-13(14(9-12)27-11-17(21,22)23)10-26-15(24-2)25-8-4-3-7-16(18,19)20/h5-6,9H,3-4,7-8,10-11H2,1-2H3,(H2,24,25,26). The lowest BCUT2D eigenvalue weighted by atomic mass is 10.1. The molecule has 0 aliphatic carbocycles. The molecule has 4 nitrogen and oxygen atoms in total. The molecule has 0 fully saturated rings. The van der Waals surface area contributed by atoms with Crippen LogP contribution in [0.15, 0.2) is 23.2 Å². The summed E-state index contributed by atoms with van der Waals surface area (Å²) in [5.41, 5.74) is 1.26. The van der Waals surface area contributed by atoms with Crippen LogP contribution in [0.2, 0.25) is 0 Å². The van der Waals surface area contributed by atoms with E-state index in [1.54, 1.807) is 19.1 Å². The Hall–Kier alpha value is -2.13. The maximum absolute atomic E-state index is 12.4. The molecule has 0 aliphatic rings. The highest BCUT2D eigenvalue weighted by atomic mass is 19.4. The first-order valence-corrected chi connectivity index (χ1v) is 8.30. The molecule has 0 aliphatic heterocycles. The first-order chi connectivity index (χ1) is 12.5. The number of hydrogen-bond donors (Lipinski definition) is 2. The van der Waals surface area contributed by atoms with E-state index in [9.17, 15) is 26.3 Å². The summed E-state index contributed by atoms with van der Waals surface area (Å²) in [4.78, 5) is 3.93. The maximum atomic E-state index is 12.4. The molecule has 154 valence electrons. The van der Waals surface area contributed by atoms with Crippen molar-refractivity contribution < 1.29 is 31.1 Å². The summed E-state index contributed by atoms with van der Waals surface area (Å²) in [5.74, 6) is 0.449. The van der Waals surface area contributed by atoms with E-state index < -0.39 is 25.4 Å². The molecule has 0 saturated carbocycles. The Morgan fingerprint density at radius 1 is 1.04 bits per heavy atom. The maximum Gasteiger partial charge on any atom is 0.422 e. The van der Waals surface area contributed by atoms with Gasteiger partial charge in [-0.1, -0.05) is 12.1 Å². The van der Waals surface area contributed by atoms with E-state index in [1.807, 2.05) is 0 Å². The molecule has 10 heteroatoms. The molecule has 0 heterocycles. The van der Waals surface area contributed by atoms with Gasteiger partial charge in [0, 0.05) is 32.1 Å². The van der Waals surface area contributed by atoms with E-state index >= 15 is 0 Å². The van der Waals surface area contributed by atoms with Gasteiger partial charge in [-0.05, 0) is 31.4 Å². The van der Waals surface area contributed by atoms with E-state index in [2.05, 4.69) is 15.6 Å². The van der Waals surface area contributed by atoms with E-state index in [-0.39, 0.29) is 18.7 Å². The lowest BCUT2D eigenvalue weighted by molar-refractivity contribution is -0.153. The van der Waals surface area contributed by atoms with Crippen molar-refractivity contribution >= 4 is 5.96 Å². The topological polar surface area (TPSA) is 45.7 Å². The normalized spacial score (nSPS) is 12.8. The lowest BCUT2D eigenvalue weighted by Crippen LogP contribution is -2.37. The largest absolute Gasteiger partial charge is 0.484 e. The van der Waals surface area contributed by atoms with E-state index in [0.717, 1.165) is 5.56 Å². The van der Waals surface area contributed by atoms with Crippen molar-refractivity contribution in [2.24, 2.45) is 4.99 Å². The van der Waals surface area contributed by atoms with Crippen LogP contribution in [0, 0.1) is 6.92 Å². The van der Waals surface area contributed by atoms with E-state index in [4.69, 9.17) is 4.74 Å². The van der Waals surface area contributed by atoms with Gasteiger partial charge in [-0.15, -0.1) is 0 Å². The van der Waals surface area contributed by atoms with Gasteiger partial charge < -0.3 is 15.4 Å². The molecular formula is C17H23F6N3O. The van der Waals surface area contributed by atoms with Crippen LogP contribution in [0.3, 0.4) is 0 Å². The number of hydrogen-bond acceptors (Lipinski definition) is 2. The zero-order chi connectivity index (χ0) is 20.5. The van der Waals surface area contributed by atoms with Crippen molar-refractivity contribution in [1.29, 1.82) is 0 Å². The lowest BCUT2D eigenvalue weighted by Gasteiger charge is -2.16. The fourth-order valence-corrected chi connectivity index (χ4v) is 2.16. The number of halogens is 6. The molecule has 1 rings (SSSR count). The van der Waals surface area contributed by atoms with Crippen LogP contribution in [0.25, 0.3) is 0 Å². The van der Waals surface area contributed by atoms with Gasteiger partial charge in [0.05, 0.1) is 0 Å². The van der Waals surface area contributed by atoms with Gasteiger partial charge in [0.2, 0.25) is 0 Å². The van der Waals surface area contributed by atoms with Crippen LogP contribution in [-0.4, -0.2) is 38.5 Å². The number of aliphatic imine (C=N–C) groups is 1. The highest BCUT2D eigenvalue weighted by Gasteiger charge is 2.29. The Bertz CT molecular complexity index is 614. The zero-order valence-electron chi connectivity index (χ0n) is 15.1. The third-order valence-electron chi connectivity index (χ3n) is 3.46. The Balaban J connectivity index is 2.52. The van der Waals surface area contributed by atoms with Crippen LogP contribution in [0.4, 0.5) is 26.3 Å². The second-order valence-corrected chi connectivity index (χ2v) is 5.94. The summed E-state index contributed by atoms with van der Waals surface area (Å²) in [6.45, 7) is 0.783. The smallest absolute Gasteiger partial charge is 0.422 e. The molecule has 0 aromatic heterocycles. The number of guanidine groups is 1. The van der Waals surface area contributed by atoms with Gasteiger partial charge >= 0.3 is 12.4 Å². The van der Waals surface area contributed by atoms with Crippen molar-refractivity contribution in [1.82, 2.24) is 10.6 Å². The average Bonchev–Trinajstić information content (AvgIpc) is 2.55. The minimum atomic E-state index is -4.44. The van der Waals surface area contributed by atoms with Gasteiger partial charge in [0.15, 0.2) is 12.6 Å². The van der Waals surface area contributed by atoms with Gasteiger partial charge in [-0.25, -0.2) is 0 Å². The first kappa shape index (κ1) is 22.9. The molecule has 0 bridgehead atoms. The number of nitrogens with zero attached hydrogens (tertiary/aromatic N) is 1. The van der Waals surface area contributed by atoms with Crippen molar-refractivity contribution in [3.05, 3.63) is 29.3 Å². The summed E-state index contributed by atoms with van der Waals surface area (Å²) in [6, 6.07) is 4.89. The Morgan fingerprint density at radius 3 is 2.33 bits per heavy atom. The number of unbranched alkanes of at least 4 members (excludes halogenated alkanes) is 1. The summed E-state index contributed by atoms with van der Waals surface area (Å²) < 4.78 is 78.2. The summed E-state index contributed by atoms with van der Waals surface area (Å²) >= 11 is 0. The molecule has 0 amide bonds. The van der Waals surface area contributed by atoms with Crippen LogP contribution in [0.5, 0.6) is 5.75 Å².